The molecule has 0 heterocycles. The Morgan fingerprint density at radius 3 is 1.74 bits per heavy atom. The van der Waals surface area contributed by atoms with Crippen LogP contribution in [0, 0.1) is 0 Å². The fourth-order valence-corrected chi connectivity index (χ4v) is 1.82. The summed E-state index contributed by atoms with van der Waals surface area (Å²) in [5.41, 5.74) is 0. The topological polar surface area (TPSA) is 18.5 Å². The van der Waals surface area contributed by atoms with E-state index in [-0.39, 0.29) is 0 Å². The quantitative estimate of drug-likeness (QED) is 0.381. The third kappa shape index (κ3) is 10.4. The highest BCUT2D eigenvalue weighted by atomic mass is 15.2. The number of nitrogens with one attached hydrogen (secondary N) is 1. The molecule has 0 saturated carbocycles. The van der Waals surface area contributed by atoms with E-state index in [1.165, 1.54) is 0 Å². The second kappa shape index (κ2) is 13.3. The predicted octanol–water partition coefficient (Wildman–Crippen LogP) is 1.92. The van der Waals surface area contributed by atoms with Crippen molar-refractivity contribution in [3.05, 3.63) is 50.6 Å². The molecule has 0 aliphatic rings. The molecule has 0 aliphatic carbocycles. The fourth-order valence-electron chi connectivity index (χ4n) is 1.82. The van der Waals surface area contributed by atoms with Gasteiger partial charge < -0.3 is 5.32 Å². The van der Waals surface area contributed by atoms with Crippen LogP contribution >= 0.6 is 0 Å². The SMILES string of the molecule is C=CCNCCN(CC=C)CCN(CC=C)CC=C. The van der Waals surface area contributed by atoms with Crippen molar-refractivity contribution in [2.75, 3.05) is 52.4 Å². The molecule has 3 heteroatoms. The zero-order valence-corrected chi connectivity index (χ0v) is 12.2. The lowest BCUT2D eigenvalue weighted by Gasteiger charge is -2.25. The van der Waals surface area contributed by atoms with Crippen molar-refractivity contribution in [3.8, 4) is 0 Å². The number of hydrogen-bond donors (Lipinski definition) is 1. The molecule has 0 aliphatic heterocycles. The van der Waals surface area contributed by atoms with Crippen molar-refractivity contribution >= 4 is 0 Å². The molecule has 0 aromatic rings. The molecule has 0 spiro atoms. The Balaban J connectivity index is 4.00. The van der Waals surface area contributed by atoms with Gasteiger partial charge in [0.05, 0.1) is 0 Å². The van der Waals surface area contributed by atoms with Crippen LogP contribution < -0.4 is 5.32 Å². The van der Waals surface area contributed by atoms with Crippen molar-refractivity contribution in [2.24, 2.45) is 0 Å². The largest absolute Gasteiger partial charge is 0.312 e. The van der Waals surface area contributed by atoms with E-state index in [9.17, 15) is 0 Å². The normalized spacial score (nSPS) is 10.6. The van der Waals surface area contributed by atoms with Gasteiger partial charge in [0.25, 0.3) is 0 Å². The van der Waals surface area contributed by atoms with Crippen LogP contribution in [0.5, 0.6) is 0 Å². The van der Waals surface area contributed by atoms with E-state index < -0.39 is 0 Å². The molecule has 0 aromatic carbocycles. The lowest BCUT2D eigenvalue weighted by Crippen LogP contribution is -2.38. The molecule has 0 amide bonds. The molecule has 0 atom stereocenters. The van der Waals surface area contributed by atoms with Crippen molar-refractivity contribution in [1.29, 1.82) is 0 Å². The lowest BCUT2D eigenvalue weighted by atomic mass is 10.3. The minimum absolute atomic E-state index is 0.862. The molecule has 19 heavy (non-hydrogen) atoms. The van der Waals surface area contributed by atoms with E-state index in [1.807, 2.05) is 24.3 Å². The third-order valence-electron chi connectivity index (χ3n) is 2.79. The Morgan fingerprint density at radius 2 is 1.21 bits per heavy atom. The van der Waals surface area contributed by atoms with E-state index >= 15 is 0 Å². The zero-order chi connectivity index (χ0) is 14.3. The van der Waals surface area contributed by atoms with Gasteiger partial charge in [-0.1, -0.05) is 24.3 Å². The van der Waals surface area contributed by atoms with Gasteiger partial charge in [0, 0.05) is 52.4 Å². The van der Waals surface area contributed by atoms with E-state index in [4.69, 9.17) is 0 Å². The van der Waals surface area contributed by atoms with E-state index in [2.05, 4.69) is 41.4 Å². The number of rotatable bonds is 14. The number of nitrogens with zero attached hydrogens (tertiary/aromatic N) is 2. The molecule has 1 N–H and O–H groups in total. The van der Waals surface area contributed by atoms with Gasteiger partial charge in [-0.2, -0.15) is 0 Å². The van der Waals surface area contributed by atoms with Crippen LogP contribution in [-0.4, -0.2) is 62.2 Å². The molecule has 0 bridgehead atoms. The summed E-state index contributed by atoms with van der Waals surface area (Å²) in [4.78, 5) is 4.72. The molecule has 0 radical (unpaired) electrons. The summed E-state index contributed by atoms with van der Waals surface area (Å²) in [6.07, 6.45) is 7.71. The second-order valence-electron chi connectivity index (χ2n) is 4.42. The van der Waals surface area contributed by atoms with E-state index in [0.29, 0.717) is 0 Å². The monoisotopic (exact) mass is 263 g/mol. The molecular weight excluding hydrogens is 234 g/mol. The van der Waals surface area contributed by atoms with Gasteiger partial charge in [-0.15, -0.1) is 26.3 Å². The van der Waals surface area contributed by atoms with Crippen LogP contribution in [0.1, 0.15) is 0 Å². The molecule has 0 rings (SSSR count). The van der Waals surface area contributed by atoms with Crippen molar-refractivity contribution in [1.82, 2.24) is 15.1 Å². The van der Waals surface area contributed by atoms with Gasteiger partial charge in [0.2, 0.25) is 0 Å². The Hall–Kier alpha value is -1.16. The van der Waals surface area contributed by atoms with Crippen molar-refractivity contribution in [3.63, 3.8) is 0 Å². The Kier molecular flexibility index (Phi) is 12.5. The first-order chi connectivity index (χ1) is 9.28. The van der Waals surface area contributed by atoms with E-state index in [1.54, 1.807) is 0 Å². The lowest BCUT2D eigenvalue weighted by molar-refractivity contribution is 0.240. The summed E-state index contributed by atoms with van der Waals surface area (Å²) in [6.45, 7) is 22.7. The highest BCUT2D eigenvalue weighted by Crippen LogP contribution is 1.94. The van der Waals surface area contributed by atoms with Crippen molar-refractivity contribution < 1.29 is 0 Å². The predicted molar refractivity (Wildman–Crippen MR) is 86.5 cm³/mol. The van der Waals surface area contributed by atoms with Crippen LogP contribution in [-0.2, 0) is 0 Å². The van der Waals surface area contributed by atoms with Gasteiger partial charge in [-0.3, -0.25) is 9.80 Å². The Labute approximate surface area is 119 Å². The van der Waals surface area contributed by atoms with Crippen LogP contribution in [0.25, 0.3) is 0 Å². The number of hydrogen-bond acceptors (Lipinski definition) is 3. The Morgan fingerprint density at radius 1 is 0.684 bits per heavy atom. The van der Waals surface area contributed by atoms with Crippen LogP contribution in [0.3, 0.4) is 0 Å². The maximum Gasteiger partial charge on any atom is 0.0164 e. The molecule has 0 unspecified atom stereocenters. The maximum atomic E-state index is 3.82. The minimum Gasteiger partial charge on any atom is -0.312 e. The summed E-state index contributed by atoms with van der Waals surface area (Å²) in [5, 5.41) is 3.32. The highest BCUT2D eigenvalue weighted by molar-refractivity contribution is 4.81. The molecule has 108 valence electrons. The summed E-state index contributed by atoms with van der Waals surface area (Å²) in [7, 11) is 0. The summed E-state index contributed by atoms with van der Waals surface area (Å²) in [6, 6.07) is 0. The molecule has 0 fully saturated rings. The molecule has 0 saturated heterocycles. The van der Waals surface area contributed by atoms with Gasteiger partial charge in [-0.05, 0) is 0 Å². The van der Waals surface area contributed by atoms with Gasteiger partial charge in [0.1, 0.15) is 0 Å². The third-order valence-corrected chi connectivity index (χ3v) is 2.79. The first kappa shape index (κ1) is 17.8. The average molecular weight is 263 g/mol. The molecule has 3 nitrogen and oxygen atoms in total. The van der Waals surface area contributed by atoms with Crippen molar-refractivity contribution in [2.45, 2.75) is 0 Å². The molecule has 0 aromatic heterocycles. The zero-order valence-electron chi connectivity index (χ0n) is 12.2. The second-order valence-corrected chi connectivity index (χ2v) is 4.42. The summed E-state index contributed by atoms with van der Waals surface area (Å²) < 4.78 is 0. The first-order valence-corrected chi connectivity index (χ1v) is 6.87. The summed E-state index contributed by atoms with van der Waals surface area (Å²) in [5.74, 6) is 0. The van der Waals surface area contributed by atoms with Gasteiger partial charge >= 0.3 is 0 Å². The van der Waals surface area contributed by atoms with Gasteiger partial charge in [0.15, 0.2) is 0 Å². The molecular formula is C16H29N3. The highest BCUT2D eigenvalue weighted by Gasteiger charge is 2.06. The minimum atomic E-state index is 0.862. The standard InChI is InChI=1S/C16H29N3/c1-5-9-17-10-14-19(13-8-4)16-15-18(11-6-2)12-7-3/h5-8,17H,1-4,9-16H2. The van der Waals surface area contributed by atoms with Crippen LogP contribution in [0.15, 0.2) is 50.6 Å². The summed E-state index contributed by atoms with van der Waals surface area (Å²) >= 11 is 0. The maximum absolute atomic E-state index is 3.82. The smallest absolute Gasteiger partial charge is 0.0164 e. The Bertz CT molecular complexity index is 251. The van der Waals surface area contributed by atoms with Crippen LogP contribution in [0.2, 0.25) is 0 Å². The first-order valence-electron chi connectivity index (χ1n) is 6.87. The van der Waals surface area contributed by atoms with Gasteiger partial charge in [-0.25, -0.2) is 0 Å². The fraction of sp³-hybridized carbons (Fsp3) is 0.500. The average Bonchev–Trinajstić information content (AvgIpc) is 2.41. The van der Waals surface area contributed by atoms with Crippen LogP contribution in [0.4, 0.5) is 0 Å². The van der Waals surface area contributed by atoms with E-state index in [0.717, 1.165) is 52.4 Å².